The lowest BCUT2D eigenvalue weighted by molar-refractivity contribution is -0.148. The van der Waals surface area contributed by atoms with Crippen LogP contribution in [0.15, 0.2) is 0 Å². The van der Waals surface area contributed by atoms with Crippen molar-refractivity contribution in [3.8, 4) is 0 Å². The number of hydrogen-bond acceptors (Lipinski definition) is 5. The molecule has 9 heteroatoms. The number of carboxylic acid groups (broad SMARTS) is 1. The lowest BCUT2D eigenvalue weighted by atomic mass is 10.1. The Morgan fingerprint density at radius 2 is 2.11 bits per heavy atom. The molecule has 1 saturated heterocycles. The van der Waals surface area contributed by atoms with Gasteiger partial charge in [-0.3, -0.25) is 14.5 Å². The molecule has 4 N–H and O–H groups in total. The summed E-state index contributed by atoms with van der Waals surface area (Å²) in [6.07, 6.45) is -1.38. The van der Waals surface area contributed by atoms with Gasteiger partial charge in [-0.1, -0.05) is 0 Å². The number of aliphatic hydroxyl groups excluding tert-OH is 1. The van der Waals surface area contributed by atoms with E-state index < -0.39 is 36.6 Å². The second-order valence-electron chi connectivity index (χ2n) is 4.09. The minimum atomic E-state index is -1.71. The molecule has 0 aliphatic carbocycles. The Kier molecular flexibility index (Phi) is 4.81. The predicted molar refractivity (Wildman–Crippen MR) is 61.0 cm³/mol. The number of likely N-dealkylation sites (N-methyl/N-ethyl adjacent to an activating group) is 1. The van der Waals surface area contributed by atoms with Gasteiger partial charge in [-0.05, 0) is 6.42 Å². The fourth-order valence-electron chi connectivity index (χ4n) is 1.54. The van der Waals surface area contributed by atoms with E-state index in [1.54, 1.807) is 0 Å². The summed E-state index contributed by atoms with van der Waals surface area (Å²) in [5.41, 5.74) is 0. The number of rotatable bonds is 4. The quantitative estimate of drug-likeness (QED) is 0.432. The Morgan fingerprint density at radius 1 is 1.47 bits per heavy atom. The van der Waals surface area contributed by atoms with E-state index >= 15 is 0 Å². The van der Waals surface area contributed by atoms with E-state index in [9.17, 15) is 19.2 Å². The van der Waals surface area contributed by atoms with Gasteiger partial charge in [0.05, 0.1) is 6.54 Å². The number of imide groups is 1. The zero-order valence-electron chi connectivity index (χ0n) is 10.3. The Hall–Kier alpha value is -2.16. The number of carbonyl (C=O) groups is 4. The van der Waals surface area contributed by atoms with E-state index in [0.717, 1.165) is 4.90 Å². The van der Waals surface area contributed by atoms with Crippen LogP contribution in [0, 0.1) is 0 Å². The minimum Gasteiger partial charge on any atom is -0.479 e. The highest BCUT2D eigenvalue weighted by atomic mass is 16.4. The van der Waals surface area contributed by atoms with Crippen LogP contribution in [0.5, 0.6) is 0 Å². The van der Waals surface area contributed by atoms with Crippen molar-refractivity contribution >= 4 is 23.8 Å². The number of aliphatic carboxylic acids is 1. The van der Waals surface area contributed by atoms with Gasteiger partial charge >= 0.3 is 12.0 Å². The van der Waals surface area contributed by atoms with Crippen LogP contribution in [0.3, 0.4) is 0 Å². The van der Waals surface area contributed by atoms with Gasteiger partial charge < -0.3 is 20.8 Å². The number of carboxylic acids is 1. The molecule has 19 heavy (non-hydrogen) atoms. The third kappa shape index (κ3) is 3.91. The summed E-state index contributed by atoms with van der Waals surface area (Å²) >= 11 is 0. The first-order valence-corrected chi connectivity index (χ1v) is 5.58. The number of nitrogens with one attached hydrogen (secondary N) is 2. The van der Waals surface area contributed by atoms with Crippen LogP contribution in [0.2, 0.25) is 0 Å². The van der Waals surface area contributed by atoms with E-state index in [-0.39, 0.29) is 18.7 Å². The van der Waals surface area contributed by atoms with Crippen molar-refractivity contribution in [2.24, 2.45) is 0 Å². The lowest BCUT2D eigenvalue weighted by Crippen LogP contribution is -2.55. The van der Waals surface area contributed by atoms with E-state index in [4.69, 9.17) is 10.2 Å². The molecule has 1 unspecified atom stereocenters. The molecule has 1 rings (SSSR count). The lowest BCUT2D eigenvalue weighted by Gasteiger charge is -2.28. The van der Waals surface area contributed by atoms with Gasteiger partial charge in [0.15, 0.2) is 6.10 Å². The summed E-state index contributed by atoms with van der Waals surface area (Å²) in [5, 5.41) is 21.8. The van der Waals surface area contributed by atoms with Crippen molar-refractivity contribution in [2.75, 3.05) is 13.6 Å². The SMILES string of the molecule is CN1C(=O)CCC(NC(=O)NC[C@H](O)C(=O)O)C1=O. The average molecular weight is 273 g/mol. The number of amides is 4. The van der Waals surface area contributed by atoms with Crippen molar-refractivity contribution in [1.29, 1.82) is 0 Å². The molecule has 0 bridgehead atoms. The summed E-state index contributed by atoms with van der Waals surface area (Å²) in [4.78, 5) is 45.5. The maximum Gasteiger partial charge on any atom is 0.334 e. The first kappa shape index (κ1) is 14.9. The molecule has 4 amide bonds. The number of aliphatic hydroxyl groups is 1. The molecule has 9 nitrogen and oxygen atoms in total. The Labute approximate surface area is 108 Å². The molecule has 0 saturated carbocycles. The maximum absolute atomic E-state index is 11.6. The largest absolute Gasteiger partial charge is 0.479 e. The number of hydrogen-bond donors (Lipinski definition) is 4. The zero-order valence-corrected chi connectivity index (χ0v) is 10.3. The van der Waals surface area contributed by atoms with E-state index in [1.807, 2.05) is 0 Å². The molecule has 0 radical (unpaired) electrons. The van der Waals surface area contributed by atoms with Crippen LogP contribution < -0.4 is 10.6 Å². The van der Waals surface area contributed by atoms with Crippen LogP contribution in [-0.4, -0.2) is 64.7 Å². The summed E-state index contributed by atoms with van der Waals surface area (Å²) in [6.45, 7) is -0.475. The second-order valence-corrected chi connectivity index (χ2v) is 4.09. The highest BCUT2D eigenvalue weighted by Crippen LogP contribution is 2.11. The normalized spacial score (nSPS) is 20.9. The third-order valence-corrected chi connectivity index (χ3v) is 2.70. The van der Waals surface area contributed by atoms with Crippen LogP contribution in [0.1, 0.15) is 12.8 Å². The fourth-order valence-corrected chi connectivity index (χ4v) is 1.54. The first-order valence-electron chi connectivity index (χ1n) is 5.58. The van der Waals surface area contributed by atoms with Gasteiger partial charge in [-0.25, -0.2) is 9.59 Å². The summed E-state index contributed by atoms with van der Waals surface area (Å²) in [5.74, 6) is -2.30. The number of urea groups is 1. The van der Waals surface area contributed by atoms with Crippen LogP contribution in [-0.2, 0) is 14.4 Å². The first-order chi connectivity index (χ1) is 8.82. The molecule has 106 valence electrons. The van der Waals surface area contributed by atoms with Crippen LogP contribution in [0.4, 0.5) is 4.79 Å². The van der Waals surface area contributed by atoms with E-state index in [2.05, 4.69) is 10.6 Å². The Bertz CT molecular complexity index is 410. The molecule has 0 aromatic rings. The summed E-state index contributed by atoms with van der Waals surface area (Å²) < 4.78 is 0. The number of likely N-dealkylation sites (tertiary alicyclic amines) is 1. The fraction of sp³-hybridized carbons (Fsp3) is 0.600. The molecule has 0 aromatic heterocycles. The van der Waals surface area contributed by atoms with Gasteiger partial charge in [-0.15, -0.1) is 0 Å². The third-order valence-electron chi connectivity index (χ3n) is 2.70. The van der Waals surface area contributed by atoms with E-state index in [1.165, 1.54) is 7.05 Å². The van der Waals surface area contributed by atoms with Crippen LogP contribution >= 0.6 is 0 Å². The van der Waals surface area contributed by atoms with Gasteiger partial charge in [0.1, 0.15) is 6.04 Å². The molecule has 0 spiro atoms. The van der Waals surface area contributed by atoms with Crippen molar-refractivity contribution in [1.82, 2.24) is 15.5 Å². The molecular formula is C10H15N3O6. The predicted octanol–water partition coefficient (Wildman–Crippen LogP) is -2.12. The molecule has 1 heterocycles. The highest BCUT2D eigenvalue weighted by Gasteiger charge is 2.32. The smallest absolute Gasteiger partial charge is 0.334 e. The second kappa shape index (κ2) is 6.14. The van der Waals surface area contributed by atoms with Crippen LogP contribution in [0.25, 0.3) is 0 Å². The standard InChI is InChI=1S/C10H15N3O6/c1-13-7(15)3-2-5(8(13)16)12-10(19)11-4-6(14)9(17)18/h5-6,14H,2-4H2,1H3,(H,17,18)(H2,11,12,19)/t5?,6-/m0/s1. The minimum absolute atomic E-state index is 0.144. The Morgan fingerprint density at radius 3 is 2.68 bits per heavy atom. The van der Waals surface area contributed by atoms with Crippen molar-refractivity contribution in [3.05, 3.63) is 0 Å². The van der Waals surface area contributed by atoms with Gasteiger partial charge in [0.25, 0.3) is 5.91 Å². The van der Waals surface area contributed by atoms with Crippen molar-refractivity contribution in [3.63, 3.8) is 0 Å². The summed E-state index contributed by atoms with van der Waals surface area (Å²) in [7, 11) is 1.32. The molecular weight excluding hydrogens is 258 g/mol. The summed E-state index contributed by atoms with van der Waals surface area (Å²) in [6, 6.07) is -1.61. The number of piperidine rings is 1. The topological polar surface area (TPSA) is 136 Å². The molecule has 1 fully saturated rings. The molecule has 0 aromatic carbocycles. The average Bonchev–Trinajstić information content (AvgIpc) is 2.36. The molecule has 1 aliphatic rings. The van der Waals surface area contributed by atoms with E-state index in [0.29, 0.717) is 0 Å². The number of nitrogens with zero attached hydrogens (tertiary/aromatic N) is 1. The monoisotopic (exact) mass is 273 g/mol. The molecule has 1 aliphatic heterocycles. The highest BCUT2D eigenvalue weighted by molar-refractivity contribution is 6.01. The molecule has 2 atom stereocenters. The van der Waals surface area contributed by atoms with Gasteiger partial charge in [0.2, 0.25) is 5.91 Å². The Balaban J connectivity index is 2.42. The van der Waals surface area contributed by atoms with Gasteiger partial charge in [-0.2, -0.15) is 0 Å². The maximum atomic E-state index is 11.6. The zero-order chi connectivity index (χ0) is 14.6. The van der Waals surface area contributed by atoms with Crippen molar-refractivity contribution < 1.29 is 29.4 Å². The van der Waals surface area contributed by atoms with Crippen molar-refractivity contribution in [2.45, 2.75) is 25.0 Å². The van der Waals surface area contributed by atoms with Gasteiger partial charge in [0, 0.05) is 13.5 Å². The number of carbonyl (C=O) groups excluding carboxylic acids is 3.